The average Bonchev–Trinajstić information content (AvgIpc) is 2.72. The standard InChI is InChI=1S/C22H44O8/c1-2-3-4-5-14-29-30-19-18-24-12-8-13-26-21-27-17-16-23-10-6-7-11-25-20-22-9-15-28-22/h22H,2-21H2,1H3. The first kappa shape index (κ1) is 27.7. The van der Waals surface area contributed by atoms with Crippen molar-refractivity contribution in [3.63, 3.8) is 0 Å². The SMILES string of the molecule is CCCCCCOOCCOCCCOCOCCOCCCCOCC1CCO1. The summed E-state index contributed by atoms with van der Waals surface area (Å²) in [5, 5.41) is 0. The van der Waals surface area contributed by atoms with Gasteiger partial charge in [-0.3, -0.25) is 0 Å². The molecule has 0 aromatic carbocycles. The molecule has 8 nitrogen and oxygen atoms in total. The van der Waals surface area contributed by atoms with Gasteiger partial charge in [0.25, 0.3) is 0 Å². The van der Waals surface area contributed by atoms with Gasteiger partial charge in [-0.25, -0.2) is 9.78 Å². The Bertz CT molecular complexity index is 328. The lowest BCUT2D eigenvalue weighted by Gasteiger charge is -2.25. The van der Waals surface area contributed by atoms with Gasteiger partial charge in [0.15, 0.2) is 0 Å². The van der Waals surface area contributed by atoms with Crippen molar-refractivity contribution < 1.29 is 38.2 Å². The Morgan fingerprint density at radius 2 is 1.20 bits per heavy atom. The number of ether oxygens (including phenoxy) is 6. The molecule has 180 valence electrons. The first-order valence-electron chi connectivity index (χ1n) is 11.7. The lowest BCUT2D eigenvalue weighted by molar-refractivity contribution is -0.299. The molecular weight excluding hydrogens is 392 g/mol. The van der Waals surface area contributed by atoms with Crippen molar-refractivity contribution in [3.8, 4) is 0 Å². The Hall–Kier alpha value is -0.320. The number of unbranched alkanes of at least 4 members (excludes halogenated alkanes) is 4. The fraction of sp³-hybridized carbons (Fsp3) is 1.00. The Labute approximate surface area is 182 Å². The third-order valence-corrected chi connectivity index (χ3v) is 4.52. The molecule has 1 aliphatic heterocycles. The largest absolute Gasteiger partial charge is 0.379 e. The monoisotopic (exact) mass is 436 g/mol. The maximum Gasteiger partial charge on any atom is 0.146 e. The van der Waals surface area contributed by atoms with Crippen molar-refractivity contribution in [3.05, 3.63) is 0 Å². The zero-order valence-electron chi connectivity index (χ0n) is 19.0. The van der Waals surface area contributed by atoms with Crippen LogP contribution in [0.5, 0.6) is 0 Å². The number of hydrogen-bond acceptors (Lipinski definition) is 8. The van der Waals surface area contributed by atoms with Crippen molar-refractivity contribution in [1.29, 1.82) is 0 Å². The van der Waals surface area contributed by atoms with E-state index < -0.39 is 0 Å². The molecule has 1 atom stereocenters. The normalized spacial score (nSPS) is 16.1. The Kier molecular flexibility index (Phi) is 21.6. The molecule has 0 spiro atoms. The van der Waals surface area contributed by atoms with E-state index in [0.29, 0.717) is 52.4 Å². The molecule has 1 unspecified atom stereocenters. The van der Waals surface area contributed by atoms with Crippen molar-refractivity contribution in [2.45, 2.75) is 64.4 Å². The molecule has 1 saturated heterocycles. The van der Waals surface area contributed by atoms with E-state index in [0.717, 1.165) is 58.5 Å². The predicted molar refractivity (Wildman–Crippen MR) is 113 cm³/mol. The van der Waals surface area contributed by atoms with Gasteiger partial charge in [-0.05, 0) is 32.1 Å². The van der Waals surface area contributed by atoms with Crippen LogP contribution in [0.1, 0.15) is 58.3 Å². The van der Waals surface area contributed by atoms with Crippen LogP contribution in [0.25, 0.3) is 0 Å². The summed E-state index contributed by atoms with van der Waals surface area (Å²) in [6, 6.07) is 0. The second-order valence-corrected chi connectivity index (χ2v) is 7.28. The molecule has 1 aliphatic rings. The van der Waals surface area contributed by atoms with Crippen LogP contribution in [0.3, 0.4) is 0 Å². The Morgan fingerprint density at radius 1 is 0.600 bits per heavy atom. The summed E-state index contributed by atoms with van der Waals surface area (Å²) in [7, 11) is 0. The quantitative estimate of drug-likeness (QED) is 0.0932. The number of rotatable bonds is 25. The van der Waals surface area contributed by atoms with Crippen molar-refractivity contribution in [1.82, 2.24) is 0 Å². The summed E-state index contributed by atoms with van der Waals surface area (Å²) in [5.41, 5.74) is 0. The summed E-state index contributed by atoms with van der Waals surface area (Å²) in [6.45, 7) is 9.63. The fourth-order valence-electron chi connectivity index (χ4n) is 2.60. The highest BCUT2D eigenvalue weighted by molar-refractivity contribution is 4.64. The van der Waals surface area contributed by atoms with Crippen molar-refractivity contribution in [2.75, 3.05) is 79.5 Å². The Balaban J connectivity index is 1.59. The van der Waals surface area contributed by atoms with Crippen LogP contribution in [0, 0.1) is 0 Å². The molecule has 0 aromatic rings. The van der Waals surface area contributed by atoms with Gasteiger partial charge in [0.05, 0.1) is 45.7 Å². The molecule has 0 amide bonds. The van der Waals surface area contributed by atoms with E-state index in [2.05, 4.69) is 6.92 Å². The summed E-state index contributed by atoms with van der Waals surface area (Å²) in [5.74, 6) is 0. The van der Waals surface area contributed by atoms with E-state index in [1.165, 1.54) is 19.3 Å². The second-order valence-electron chi connectivity index (χ2n) is 7.28. The van der Waals surface area contributed by atoms with E-state index >= 15 is 0 Å². The maximum absolute atomic E-state index is 5.54. The van der Waals surface area contributed by atoms with E-state index in [4.69, 9.17) is 38.2 Å². The maximum atomic E-state index is 5.54. The minimum absolute atomic E-state index is 0.287. The molecule has 0 bridgehead atoms. The predicted octanol–water partition coefficient (Wildman–Crippen LogP) is 3.51. The molecule has 1 fully saturated rings. The highest BCUT2D eigenvalue weighted by atomic mass is 17.2. The van der Waals surface area contributed by atoms with E-state index in [9.17, 15) is 0 Å². The molecule has 0 N–H and O–H groups in total. The van der Waals surface area contributed by atoms with Crippen LogP contribution in [-0.2, 0) is 38.2 Å². The Morgan fingerprint density at radius 3 is 1.97 bits per heavy atom. The van der Waals surface area contributed by atoms with E-state index in [1.54, 1.807) is 0 Å². The minimum Gasteiger partial charge on any atom is -0.379 e. The third-order valence-electron chi connectivity index (χ3n) is 4.52. The minimum atomic E-state index is 0.287. The summed E-state index contributed by atoms with van der Waals surface area (Å²) >= 11 is 0. The summed E-state index contributed by atoms with van der Waals surface area (Å²) < 4.78 is 32.6. The lowest BCUT2D eigenvalue weighted by atomic mass is 10.2. The summed E-state index contributed by atoms with van der Waals surface area (Å²) in [6.07, 6.45) is 9.02. The smallest absolute Gasteiger partial charge is 0.146 e. The van der Waals surface area contributed by atoms with Gasteiger partial charge in [-0.1, -0.05) is 26.2 Å². The van der Waals surface area contributed by atoms with Crippen LogP contribution in [-0.4, -0.2) is 85.6 Å². The van der Waals surface area contributed by atoms with Crippen LogP contribution in [0.15, 0.2) is 0 Å². The zero-order chi connectivity index (χ0) is 21.4. The third kappa shape index (κ3) is 19.6. The average molecular weight is 437 g/mol. The van der Waals surface area contributed by atoms with Crippen LogP contribution < -0.4 is 0 Å². The molecule has 0 aromatic heterocycles. The second kappa shape index (κ2) is 23.3. The van der Waals surface area contributed by atoms with Gasteiger partial charge < -0.3 is 28.4 Å². The van der Waals surface area contributed by atoms with Crippen LogP contribution >= 0.6 is 0 Å². The topological polar surface area (TPSA) is 73.8 Å². The van der Waals surface area contributed by atoms with Gasteiger partial charge in [0.2, 0.25) is 0 Å². The first-order valence-corrected chi connectivity index (χ1v) is 11.7. The van der Waals surface area contributed by atoms with Gasteiger partial charge >= 0.3 is 0 Å². The van der Waals surface area contributed by atoms with Crippen molar-refractivity contribution in [2.24, 2.45) is 0 Å². The molecule has 30 heavy (non-hydrogen) atoms. The molecule has 0 aliphatic carbocycles. The summed E-state index contributed by atoms with van der Waals surface area (Å²) in [4.78, 5) is 10.1. The first-order chi connectivity index (χ1) is 14.9. The molecular formula is C22H44O8. The molecule has 1 rings (SSSR count). The number of hydrogen-bond donors (Lipinski definition) is 0. The lowest BCUT2D eigenvalue weighted by Crippen LogP contribution is -2.31. The van der Waals surface area contributed by atoms with E-state index in [1.807, 2.05) is 0 Å². The van der Waals surface area contributed by atoms with E-state index in [-0.39, 0.29) is 6.79 Å². The molecule has 8 heteroatoms. The van der Waals surface area contributed by atoms with Crippen molar-refractivity contribution >= 4 is 0 Å². The van der Waals surface area contributed by atoms with Crippen LogP contribution in [0.2, 0.25) is 0 Å². The highest BCUT2D eigenvalue weighted by Crippen LogP contribution is 2.10. The molecule has 1 heterocycles. The van der Waals surface area contributed by atoms with Gasteiger partial charge in [0, 0.05) is 26.4 Å². The van der Waals surface area contributed by atoms with Crippen LogP contribution in [0.4, 0.5) is 0 Å². The fourth-order valence-corrected chi connectivity index (χ4v) is 2.60. The molecule has 0 saturated carbocycles. The highest BCUT2D eigenvalue weighted by Gasteiger charge is 2.17. The molecule has 0 radical (unpaired) electrons. The van der Waals surface area contributed by atoms with Gasteiger partial charge in [-0.2, -0.15) is 0 Å². The zero-order valence-corrected chi connectivity index (χ0v) is 19.0. The van der Waals surface area contributed by atoms with Gasteiger partial charge in [-0.15, -0.1) is 0 Å². The van der Waals surface area contributed by atoms with Gasteiger partial charge in [0.1, 0.15) is 13.4 Å².